The van der Waals surface area contributed by atoms with Crippen LogP contribution < -0.4 is 10.6 Å². The van der Waals surface area contributed by atoms with E-state index in [1.807, 2.05) is 23.5 Å². The number of hydrogen-bond donors (Lipinski definition) is 1. The first-order chi connectivity index (χ1) is 7.83. The monoisotopic (exact) mass is 231 g/mol. The van der Waals surface area contributed by atoms with Gasteiger partial charge in [-0.15, -0.1) is 11.3 Å². The van der Waals surface area contributed by atoms with Crippen LogP contribution in [0.25, 0.3) is 0 Å². The molecule has 3 nitrogen and oxygen atoms in total. The van der Waals surface area contributed by atoms with E-state index in [4.69, 9.17) is 5.73 Å². The molecule has 0 aromatic carbocycles. The molecule has 0 bridgehead atoms. The van der Waals surface area contributed by atoms with E-state index >= 15 is 0 Å². The lowest BCUT2D eigenvalue weighted by atomic mass is 10.1. The van der Waals surface area contributed by atoms with Crippen LogP contribution in [0.1, 0.15) is 10.4 Å². The minimum absolute atomic E-state index is 0.779. The topological polar surface area (TPSA) is 42.1 Å². The molecule has 82 valence electrons. The summed E-state index contributed by atoms with van der Waals surface area (Å²) in [5.41, 5.74) is 7.99. The fraction of sp³-hybridized carbons (Fsp3) is 0.250. The summed E-state index contributed by atoms with van der Waals surface area (Å²) in [6, 6.07) is 5.97. The number of fused-ring (bicyclic) bond motifs is 1. The van der Waals surface area contributed by atoms with E-state index in [1.165, 1.54) is 10.4 Å². The van der Waals surface area contributed by atoms with Crippen LogP contribution in [0.4, 0.5) is 11.5 Å². The highest BCUT2D eigenvalue weighted by Gasteiger charge is 2.18. The number of nitrogens with zero attached hydrogens (tertiary/aromatic N) is 2. The molecule has 2 N–H and O–H groups in total. The number of thiophene rings is 1. The van der Waals surface area contributed by atoms with E-state index < -0.39 is 0 Å². The number of pyridine rings is 1. The minimum atomic E-state index is 0.779. The zero-order chi connectivity index (χ0) is 11.0. The van der Waals surface area contributed by atoms with Crippen molar-refractivity contribution in [2.75, 3.05) is 17.2 Å². The molecule has 2 aromatic heterocycles. The zero-order valence-electron chi connectivity index (χ0n) is 8.89. The van der Waals surface area contributed by atoms with Crippen molar-refractivity contribution in [2.24, 2.45) is 0 Å². The largest absolute Gasteiger partial charge is 0.399 e. The van der Waals surface area contributed by atoms with Crippen molar-refractivity contribution in [1.82, 2.24) is 4.98 Å². The van der Waals surface area contributed by atoms with Crippen LogP contribution in [-0.2, 0) is 13.0 Å². The van der Waals surface area contributed by atoms with Crippen LogP contribution >= 0.6 is 11.3 Å². The fourth-order valence-corrected chi connectivity index (χ4v) is 2.94. The maximum atomic E-state index is 5.78. The quantitative estimate of drug-likeness (QED) is 0.818. The zero-order valence-corrected chi connectivity index (χ0v) is 9.70. The van der Waals surface area contributed by atoms with Gasteiger partial charge in [0.25, 0.3) is 0 Å². The lowest BCUT2D eigenvalue weighted by molar-refractivity contribution is 0.732. The van der Waals surface area contributed by atoms with Gasteiger partial charge >= 0.3 is 0 Å². The average Bonchev–Trinajstić information content (AvgIpc) is 2.75. The van der Waals surface area contributed by atoms with Crippen molar-refractivity contribution < 1.29 is 0 Å². The Morgan fingerprint density at radius 2 is 2.31 bits per heavy atom. The number of anilines is 2. The van der Waals surface area contributed by atoms with Crippen molar-refractivity contribution in [1.29, 1.82) is 0 Å². The third-order valence-corrected chi connectivity index (χ3v) is 3.92. The summed E-state index contributed by atoms with van der Waals surface area (Å²) in [6.07, 6.45) is 2.89. The highest BCUT2D eigenvalue weighted by molar-refractivity contribution is 7.10. The van der Waals surface area contributed by atoms with E-state index in [-0.39, 0.29) is 0 Å². The Hall–Kier alpha value is -1.55. The van der Waals surface area contributed by atoms with Gasteiger partial charge in [-0.25, -0.2) is 4.98 Å². The van der Waals surface area contributed by atoms with Crippen LogP contribution in [0.5, 0.6) is 0 Å². The van der Waals surface area contributed by atoms with E-state index in [0.717, 1.165) is 31.0 Å². The lowest BCUT2D eigenvalue weighted by Crippen LogP contribution is -2.30. The van der Waals surface area contributed by atoms with E-state index in [0.29, 0.717) is 0 Å². The second-order valence-electron chi connectivity index (χ2n) is 3.99. The Balaban J connectivity index is 1.88. The van der Waals surface area contributed by atoms with Gasteiger partial charge in [-0.1, -0.05) is 0 Å². The van der Waals surface area contributed by atoms with Crippen molar-refractivity contribution in [3.63, 3.8) is 0 Å². The number of nitrogen functional groups attached to an aromatic ring is 1. The van der Waals surface area contributed by atoms with Crippen LogP contribution in [0, 0.1) is 0 Å². The van der Waals surface area contributed by atoms with Gasteiger partial charge in [0.05, 0.1) is 0 Å². The normalized spacial score (nSPS) is 14.9. The Kier molecular flexibility index (Phi) is 2.29. The third-order valence-electron chi connectivity index (χ3n) is 2.90. The maximum absolute atomic E-state index is 5.78. The molecule has 0 atom stereocenters. The van der Waals surface area contributed by atoms with E-state index in [9.17, 15) is 0 Å². The van der Waals surface area contributed by atoms with Gasteiger partial charge in [-0.2, -0.15) is 0 Å². The Morgan fingerprint density at radius 3 is 3.19 bits per heavy atom. The van der Waals surface area contributed by atoms with E-state index in [1.54, 1.807) is 6.20 Å². The van der Waals surface area contributed by atoms with Crippen LogP contribution in [0.15, 0.2) is 29.8 Å². The second-order valence-corrected chi connectivity index (χ2v) is 4.99. The number of nitrogens with two attached hydrogens (primary N) is 1. The standard InChI is InChI=1S/C12H13N3S/c13-10-1-4-14-12(7-10)15-5-2-11-9(8-15)3-6-16-11/h1,3-4,6-7H,2,5,8H2,(H2,13,14). The molecule has 2 aromatic rings. The second kappa shape index (κ2) is 3.79. The molecule has 1 aliphatic heterocycles. The SMILES string of the molecule is Nc1ccnc(N2CCc3sccc3C2)c1. The smallest absolute Gasteiger partial charge is 0.130 e. The molecular weight excluding hydrogens is 218 g/mol. The average molecular weight is 231 g/mol. The molecule has 3 rings (SSSR count). The first kappa shape index (κ1) is 9.66. The molecule has 0 amide bonds. The van der Waals surface area contributed by atoms with Gasteiger partial charge < -0.3 is 10.6 Å². The van der Waals surface area contributed by atoms with Gasteiger partial charge in [0, 0.05) is 35.9 Å². The lowest BCUT2D eigenvalue weighted by Gasteiger charge is -2.28. The predicted molar refractivity (Wildman–Crippen MR) is 67.7 cm³/mol. The highest BCUT2D eigenvalue weighted by atomic mass is 32.1. The molecule has 0 aliphatic carbocycles. The number of aromatic nitrogens is 1. The third kappa shape index (κ3) is 1.65. The molecule has 0 spiro atoms. The molecule has 1 aliphatic rings. The molecular formula is C12H13N3S. The van der Waals surface area contributed by atoms with Crippen LogP contribution in [0.2, 0.25) is 0 Å². The van der Waals surface area contributed by atoms with E-state index in [2.05, 4.69) is 21.3 Å². The summed E-state index contributed by atoms with van der Waals surface area (Å²) in [4.78, 5) is 8.17. The van der Waals surface area contributed by atoms with Crippen molar-refractivity contribution in [3.05, 3.63) is 40.2 Å². The first-order valence-electron chi connectivity index (χ1n) is 5.34. The molecule has 3 heterocycles. The maximum Gasteiger partial charge on any atom is 0.130 e. The highest BCUT2D eigenvalue weighted by Crippen LogP contribution is 2.27. The van der Waals surface area contributed by atoms with Gasteiger partial charge in [0.1, 0.15) is 5.82 Å². The van der Waals surface area contributed by atoms with Crippen molar-refractivity contribution >= 4 is 22.8 Å². The van der Waals surface area contributed by atoms with Gasteiger partial charge in [0.15, 0.2) is 0 Å². The van der Waals surface area contributed by atoms with Crippen LogP contribution in [0.3, 0.4) is 0 Å². The number of rotatable bonds is 1. The Morgan fingerprint density at radius 1 is 1.38 bits per heavy atom. The van der Waals surface area contributed by atoms with Crippen molar-refractivity contribution in [3.8, 4) is 0 Å². The fourth-order valence-electron chi connectivity index (χ4n) is 2.05. The molecule has 0 saturated carbocycles. The summed E-state index contributed by atoms with van der Waals surface area (Å²) >= 11 is 1.85. The summed E-state index contributed by atoms with van der Waals surface area (Å²) in [5, 5.41) is 2.17. The Bertz CT molecular complexity index is 506. The summed E-state index contributed by atoms with van der Waals surface area (Å²) < 4.78 is 0. The van der Waals surface area contributed by atoms with Crippen molar-refractivity contribution in [2.45, 2.75) is 13.0 Å². The van der Waals surface area contributed by atoms with Crippen LogP contribution in [-0.4, -0.2) is 11.5 Å². The predicted octanol–water partition coefficient (Wildman–Crippen LogP) is 2.29. The first-order valence-corrected chi connectivity index (χ1v) is 6.22. The number of hydrogen-bond acceptors (Lipinski definition) is 4. The van der Waals surface area contributed by atoms with Gasteiger partial charge in [0.2, 0.25) is 0 Å². The summed E-state index contributed by atoms with van der Waals surface area (Å²) in [5.74, 6) is 0.983. The molecule has 0 saturated heterocycles. The molecule has 0 radical (unpaired) electrons. The summed E-state index contributed by atoms with van der Waals surface area (Å²) in [7, 11) is 0. The van der Waals surface area contributed by atoms with Gasteiger partial charge in [-0.05, 0) is 29.5 Å². The molecule has 0 unspecified atom stereocenters. The Labute approximate surface area is 98.5 Å². The van der Waals surface area contributed by atoms with Gasteiger partial charge in [-0.3, -0.25) is 0 Å². The molecule has 0 fully saturated rings. The molecule has 16 heavy (non-hydrogen) atoms. The molecule has 4 heteroatoms. The minimum Gasteiger partial charge on any atom is -0.399 e. The summed E-state index contributed by atoms with van der Waals surface area (Å²) in [6.45, 7) is 1.99.